The lowest BCUT2D eigenvalue weighted by molar-refractivity contribution is 0.0984. The maximum atomic E-state index is 15.0. The van der Waals surface area contributed by atoms with Crippen molar-refractivity contribution in [3.8, 4) is 11.8 Å². The second-order valence-corrected chi connectivity index (χ2v) is 9.93. The summed E-state index contributed by atoms with van der Waals surface area (Å²) in [7, 11) is 0. The molecule has 1 aromatic heterocycles. The summed E-state index contributed by atoms with van der Waals surface area (Å²) in [4.78, 5) is 13.5. The number of halogens is 1. The number of nitrogens with two attached hydrogens (primary N) is 1. The zero-order valence-electron chi connectivity index (χ0n) is 21.3. The minimum absolute atomic E-state index is 0.102. The monoisotopic (exact) mass is 507 g/mol. The number of hydrogen-bond donors (Lipinski definition) is 2. The number of nitrogens with zero attached hydrogens (tertiary/aromatic N) is 3. The second-order valence-electron chi connectivity index (χ2n) is 9.93. The van der Waals surface area contributed by atoms with Crippen molar-refractivity contribution in [1.82, 2.24) is 15.1 Å². The molecule has 3 aromatic carbocycles. The van der Waals surface area contributed by atoms with E-state index in [2.05, 4.69) is 16.5 Å². The number of aryl methyl sites for hydroxylation is 1. The van der Waals surface area contributed by atoms with Crippen LogP contribution in [0.4, 0.5) is 4.39 Å². The summed E-state index contributed by atoms with van der Waals surface area (Å²) >= 11 is 0. The van der Waals surface area contributed by atoms with Crippen LogP contribution in [0, 0.1) is 30.0 Å². The molecule has 4 aromatic rings. The molecule has 38 heavy (non-hydrogen) atoms. The molecule has 1 aliphatic carbocycles. The van der Waals surface area contributed by atoms with Gasteiger partial charge in [0.15, 0.2) is 5.78 Å². The largest absolute Gasteiger partial charge is 0.326 e. The molecule has 1 heterocycles. The molecule has 0 spiro atoms. The van der Waals surface area contributed by atoms with Crippen LogP contribution in [0.5, 0.6) is 0 Å². The molecule has 1 fully saturated rings. The molecule has 7 heteroatoms. The Kier molecular flexibility index (Phi) is 7.45. The Hall–Kier alpha value is -4.12. The van der Waals surface area contributed by atoms with Crippen LogP contribution in [0.2, 0.25) is 0 Å². The molecule has 1 unspecified atom stereocenters. The molecule has 1 aliphatic rings. The third kappa shape index (κ3) is 5.72. The van der Waals surface area contributed by atoms with Gasteiger partial charge in [0.25, 0.3) is 0 Å². The van der Waals surface area contributed by atoms with E-state index in [9.17, 15) is 10.1 Å². The van der Waals surface area contributed by atoms with Crippen molar-refractivity contribution in [3.63, 3.8) is 0 Å². The summed E-state index contributed by atoms with van der Waals surface area (Å²) in [6.07, 6.45) is 2.29. The topological polar surface area (TPSA) is 96.7 Å². The van der Waals surface area contributed by atoms with E-state index >= 15 is 4.39 Å². The molecule has 0 aliphatic heterocycles. The minimum atomic E-state index is -0.429. The predicted octanol–water partition coefficient (Wildman–Crippen LogP) is 5.16. The van der Waals surface area contributed by atoms with Crippen LogP contribution >= 0.6 is 0 Å². The van der Waals surface area contributed by atoms with Gasteiger partial charge < -0.3 is 11.1 Å². The van der Waals surface area contributed by atoms with Crippen LogP contribution in [-0.4, -0.2) is 22.1 Å². The van der Waals surface area contributed by atoms with Gasteiger partial charge in [0.1, 0.15) is 11.5 Å². The van der Waals surface area contributed by atoms with Crippen LogP contribution < -0.4 is 11.1 Å². The van der Waals surface area contributed by atoms with Crippen LogP contribution in [0.3, 0.4) is 0 Å². The van der Waals surface area contributed by atoms with Crippen LogP contribution in [-0.2, 0) is 13.0 Å². The van der Waals surface area contributed by atoms with Crippen LogP contribution in [0.1, 0.15) is 62.9 Å². The molecule has 0 saturated heterocycles. The maximum Gasteiger partial charge on any atom is 0.185 e. The first-order chi connectivity index (χ1) is 18.4. The Morgan fingerprint density at radius 2 is 1.92 bits per heavy atom. The number of Topliss-reactive ketones (excluding diaryl/α,β-unsaturated/α-hetero) is 1. The van der Waals surface area contributed by atoms with Crippen molar-refractivity contribution in [2.45, 2.75) is 38.8 Å². The average Bonchev–Trinajstić information content (AvgIpc) is 3.69. The molecule has 6 nitrogen and oxygen atoms in total. The zero-order chi connectivity index (χ0) is 26.6. The maximum absolute atomic E-state index is 15.0. The van der Waals surface area contributed by atoms with Gasteiger partial charge in [0, 0.05) is 13.0 Å². The van der Waals surface area contributed by atoms with E-state index in [1.54, 1.807) is 28.9 Å². The fourth-order valence-electron chi connectivity index (χ4n) is 4.71. The molecular weight excluding hydrogens is 477 g/mol. The first-order valence-electron chi connectivity index (χ1n) is 12.9. The standard InChI is InChI=1S/C31H30FN5O/c1-20-12-29(37(36-20)27-7-3-5-23(14-27)18-34)30(38)16-26-15-25(10-11-28(26)32)31(35-19-21-8-9-21)24-6-2-4-22(13-24)17-33/h2-7,10-15,21,31,35H,8-9,16,18-19,34H2,1H3. The molecule has 1 saturated carbocycles. The van der Waals surface area contributed by atoms with Gasteiger partial charge >= 0.3 is 0 Å². The van der Waals surface area contributed by atoms with Gasteiger partial charge in [0.2, 0.25) is 0 Å². The van der Waals surface area contributed by atoms with Crippen molar-refractivity contribution in [1.29, 1.82) is 5.26 Å². The molecule has 5 rings (SSSR count). The Morgan fingerprint density at radius 3 is 2.68 bits per heavy atom. The van der Waals surface area contributed by atoms with Crippen molar-refractivity contribution >= 4 is 5.78 Å². The fourth-order valence-corrected chi connectivity index (χ4v) is 4.71. The van der Waals surface area contributed by atoms with Gasteiger partial charge in [-0.25, -0.2) is 9.07 Å². The second kappa shape index (κ2) is 11.1. The van der Waals surface area contributed by atoms with Gasteiger partial charge in [-0.1, -0.05) is 36.4 Å². The van der Waals surface area contributed by atoms with Crippen molar-refractivity contribution < 1.29 is 9.18 Å². The van der Waals surface area contributed by atoms with E-state index in [0.29, 0.717) is 35.0 Å². The lowest BCUT2D eigenvalue weighted by atomic mass is 9.94. The minimum Gasteiger partial charge on any atom is -0.326 e. The fraction of sp³-hybridized carbons (Fsp3) is 0.258. The number of ketones is 1. The van der Waals surface area contributed by atoms with E-state index in [1.165, 1.54) is 18.9 Å². The number of carbonyl (C=O) groups is 1. The SMILES string of the molecule is Cc1cc(C(=O)Cc2cc(C(NCC3CC3)c3cccc(C#N)c3)ccc2F)n(-c2cccc(CN)c2)n1. The highest BCUT2D eigenvalue weighted by Crippen LogP contribution is 2.31. The normalized spacial score (nSPS) is 13.7. The van der Waals surface area contributed by atoms with Gasteiger partial charge in [-0.3, -0.25) is 4.79 Å². The number of carbonyl (C=O) groups excluding carboxylic acids is 1. The molecule has 192 valence electrons. The lowest BCUT2D eigenvalue weighted by Crippen LogP contribution is -2.25. The molecular formula is C31H30FN5O. The summed E-state index contributed by atoms with van der Waals surface area (Å²) in [6.45, 7) is 3.04. The summed E-state index contributed by atoms with van der Waals surface area (Å²) in [5, 5.41) is 17.5. The van der Waals surface area contributed by atoms with Crippen LogP contribution in [0.15, 0.2) is 72.8 Å². The number of rotatable bonds is 10. The average molecular weight is 508 g/mol. The Morgan fingerprint density at radius 1 is 1.13 bits per heavy atom. The van der Waals surface area contributed by atoms with E-state index in [1.807, 2.05) is 49.4 Å². The molecule has 1 atom stereocenters. The molecule has 0 bridgehead atoms. The van der Waals surface area contributed by atoms with E-state index in [4.69, 9.17) is 5.73 Å². The van der Waals surface area contributed by atoms with Crippen LogP contribution in [0.25, 0.3) is 5.69 Å². The number of benzene rings is 3. The zero-order valence-corrected chi connectivity index (χ0v) is 21.3. The summed E-state index contributed by atoms with van der Waals surface area (Å²) in [5.41, 5.74) is 11.2. The van der Waals surface area contributed by atoms with E-state index in [-0.39, 0.29) is 18.2 Å². The smallest absolute Gasteiger partial charge is 0.185 e. The molecule has 0 radical (unpaired) electrons. The Labute approximate surface area is 221 Å². The van der Waals surface area contributed by atoms with E-state index in [0.717, 1.165) is 28.9 Å². The number of aromatic nitrogens is 2. The highest BCUT2D eigenvalue weighted by molar-refractivity contribution is 5.96. The van der Waals surface area contributed by atoms with Gasteiger partial charge in [0.05, 0.1) is 29.1 Å². The number of hydrogen-bond acceptors (Lipinski definition) is 5. The van der Waals surface area contributed by atoms with Gasteiger partial charge in [-0.15, -0.1) is 0 Å². The van der Waals surface area contributed by atoms with Crippen molar-refractivity contribution in [2.75, 3.05) is 6.54 Å². The Balaban J connectivity index is 1.45. The number of nitriles is 1. The summed E-state index contributed by atoms with van der Waals surface area (Å²) in [5.74, 6) is -0.0186. The van der Waals surface area contributed by atoms with Crippen molar-refractivity contribution in [3.05, 3.63) is 118 Å². The van der Waals surface area contributed by atoms with Gasteiger partial charge in [-0.05, 0) is 90.9 Å². The Bertz CT molecular complexity index is 1510. The molecule has 0 amide bonds. The summed E-state index contributed by atoms with van der Waals surface area (Å²) < 4.78 is 16.6. The highest BCUT2D eigenvalue weighted by Gasteiger charge is 2.25. The first kappa shape index (κ1) is 25.5. The van der Waals surface area contributed by atoms with Gasteiger partial charge in [-0.2, -0.15) is 10.4 Å². The quantitative estimate of drug-likeness (QED) is 0.289. The van der Waals surface area contributed by atoms with Crippen molar-refractivity contribution in [2.24, 2.45) is 11.7 Å². The predicted molar refractivity (Wildman–Crippen MR) is 144 cm³/mol. The first-order valence-corrected chi connectivity index (χ1v) is 12.9. The summed E-state index contributed by atoms with van der Waals surface area (Å²) in [6, 6.07) is 23.7. The number of nitrogens with one attached hydrogen (secondary N) is 1. The third-order valence-corrected chi connectivity index (χ3v) is 6.92. The third-order valence-electron chi connectivity index (χ3n) is 6.92. The van der Waals surface area contributed by atoms with E-state index < -0.39 is 5.82 Å². The highest BCUT2D eigenvalue weighted by atomic mass is 19.1. The molecule has 3 N–H and O–H groups in total. The lowest BCUT2D eigenvalue weighted by Gasteiger charge is -2.21.